The minimum atomic E-state index is -3.50. The first kappa shape index (κ1) is 21.3. The van der Waals surface area contributed by atoms with Crippen molar-refractivity contribution >= 4 is 15.7 Å². The Bertz CT molecular complexity index is 831. The molecule has 0 radical (unpaired) electrons. The molecule has 0 heterocycles. The van der Waals surface area contributed by atoms with E-state index in [4.69, 9.17) is 4.74 Å². The van der Waals surface area contributed by atoms with E-state index in [1.165, 1.54) is 5.56 Å². The van der Waals surface area contributed by atoms with Gasteiger partial charge in [0.05, 0.1) is 11.5 Å². The Morgan fingerprint density at radius 3 is 2.37 bits per heavy atom. The summed E-state index contributed by atoms with van der Waals surface area (Å²) < 4.78 is 33.3. The van der Waals surface area contributed by atoms with E-state index in [1.54, 1.807) is 18.2 Å². The van der Waals surface area contributed by atoms with Crippen LogP contribution < -0.4 is 14.4 Å². The number of aryl methyl sites for hydroxylation is 2. The standard InChI is InChI=1S/C21H30N2O3S/c1-5-15-26-21-13-12-20(16-17(21)2)27(24,25)22-14-6-7-18-8-10-19(11-9-18)23(3)4/h8-13,16,22H,5-7,14-15H2,1-4H3. The molecule has 5 nitrogen and oxygen atoms in total. The van der Waals surface area contributed by atoms with Gasteiger partial charge in [-0.1, -0.05) is 19.1 Å². The normalized spacial score (nSPS) is 11.4. The zero-order valence-electron chi connectivity index (χ0n) is 16.7. The van der Waals surface area contributed by atoms with Crippen LogP contribution in [0.4, 0.5) is 5.69 Å². The molecule has 0 fully saturated rings. The third-order valence-electron chi connectivity index (χ3n) is 4.31. The number of sulfonamides is 1. The van der Waals surface area contributed by atoms with E-state index in [2.05, 4.69) is 33.9 Å². The lowest BCUT2D eigenvalue weighted by Gasteiger charge is -2.13. The molecule has 0 aliphatic heterocycles. The van der Waals surface area contributed by atoms with Crippen LogP contribution in [0.15, 0.2) is 47.4 Å². The Balaban J connectivity index is 1.88. The van der Waals surface area contributed by atoms with Gasteiger partial charge in [0, 0.05) is 26.3 Å². The van der Waals surface area contributed by atoms with Gasteiger partial charge in [-0.25, -0.2) is 13.1 Å². The molecule has 6 heteroatoms. The Kier molecular flexibility index (Phi) is 7.68. The molecule has 1 N–H and O–H groups in total. The summed E-state index contributed by atoms with van der Waals surface area (Å²) in [5.41, 5.74) is 3.18. The summed E-state index contributed by atoms with van der Waals surface area (Å²) in [6, 6.07) is 13.3. The third kappa shape index (κ3) is 6.26. The molecule has 148 valence electrons. The Morgan fingerprint density at radius 1 is 1.07 bits per heavy atom. The highest BCUT2D eigenvalue weighted by Crippen LogP contribution is 2.22. The lowest BCUT2D eigenvalue weighted by atomic mass is 10.1. The van der Waals surface area contributed by atoms with Crippen molar-refractivity contribution in [1.29, 1.82) is 0 Å². The van der Waals surface area contributed by atoms with Gasteiger partial charge in [0.25, 0.3) is 0 Å². The maximum Gasteiger partial charge on any atom is 0.240 e. The molecule has 0 aromatic heterocycles. The highest BCUT2D eigenvalue weighted by Gasteiger charge is 2.15. The fraction of sp³-hybridized carbons (Fsp3) is 0.429. The lowest BCUT2D eigenvalue weighted by Crippen LogP contribution is -2.25. The van der Waals surface area contributed by atoms with E-state index < -0.39 is 10.0 Å². The summed E-state index contributed by atoms with van der Waals surface area (Å²) >= 11 is 0. The van der Waals surface area contributed by atoms with Crippen molar-refractivity contribution in [2.24, 2.45) is 0 Å². The first-order valence-corrected chi connectivity index (χ1v) is 10.8. The molecule has 0 aliphatic carbocycles. The van der Waals surface area contributed by atoms with Crippen LogP contribution in [0, 0.1) is 6.92 Å². The van der Waals surface area contributed by atoms with Gasteiger partial charge >= 0.3 is 0 Å². The van der Waals surface area contributed by atoms with Gasteiger partial charge in [0.1, 0.15) is 5.75 Å². The third-order valence-corrected chi connectivity index (χ3v) is 5.76. The quantitative estimate of drug-likeness (QED) is 0.628. The number of benzene rings is 2. The minimum Gasteiger partial charge on any atom is -0.493 e. The average Bonchev–Trinajstić information content (AvgIpc) is 2.64. The Morgan fingerprint density at radius 2 is 1.78 bits per heavy atom. The fourth-order valence-corrected chi connectivity index (χ4v) is 3.87. The second kappa shape index (κ2) is 9.76. The number of anilines is 1. The fourth-order valence-electron chi connectivity index (χ4n) is 2.71. The molecule has 0 atom stereocenters. The van der Waals surface area contributed by atoms with E-state index >= 15 is 0 Å². The van der Waals surface area contributed by atoms with Crippen LogP contribution in [0.2, 0.25) is 0 Å². The molecular formula is C21H30N2O3S. The van der Waals surface area contributed by atoms with Crippen molar-refractivity contribution in [3.8, 4) is 5.75 Å². The second-order valence-corrected chi connectivity index (χ2v) is 8.60. The zero-order chi connectivity index (χ0) is 19.9. The molecule has 0 unspecified atom stereocenters. The number of rotatable bonds is 10. The molecule has 0 spiro atoms. The van der Waals surface area contributed by atoms with Gasteiger partial charge in [-0.15, -0.1) is 0 Å². The van der Waals surface area contributed by atoms with E-state index in [0.29, 0.717) is 13.2 Å². The number of nitrogens with one attached hydrogen (secondary N) is 1. The molecule has 0 saturated carbocycles. The van der Waals surface area contributed by atoms with Gasteiger partial charge in [-0.05, 0) is 67.6 Å². The van der Waals surface area contributed by atoms with Gasteiger partial charge in [0.2, 0.25) is 10.0 Å². The molecule has 0 amide bonds. The first-order valence-electron chi connectivity index (χ1n) is 9.33. The number of hydrogen-bond donors (Lipinski definition) is 1. The summed E-state index contributed by atoms with van der Waals surface area (Å²) in [5, 5.41) is 0. The zero-order valence-corrected chi connectivity index (χ0v) is 17.5. The van der Waals surface area contributed by atoms with Crippen LogP contribution in [0.3, 0.4) is 0 Å². The number of nitrogens with zero attached hydrogens (tertiary/aromatic N) is 1. The minimum absolute atomic E-state index is 0.277. The molecule has 0 aliphatic rings. The van der Waals surface area contributed by atoms with E-state index in [1.807, 2.05) is 27.9 Å². The van der Waals surface area contributed by atoms with E-state index in [9.17, 15) is 8.42 Å². The van der Waals surface area contributed by atoms with Crippen LogP contribution in [0.25, 0.3) is 0 Å². The second-order valence-electron chi connectivity index (χ2n) is 6.84. The Labute approximate surface area is 163 Å². The molecular weight excluding hydrogens is 360 g/mol. The smallest absolute Gasteiger partial charge is 0.240 e. The van der Waals surface area contributed by atoms with Crippen molar-refractivity contribution < 1.29 is 13.2 Å². The number of hydrogen-bond acceptors (Lipinski definition) is 4. The van der Waals surface area contributed by atoms with Gasteiger partial charge in [0.15, 0.2) is 0 Å². The summed E-state index contributed by atoms with van der Waals surface area (Å²) in [7, 11) is 0.511. The van der Waals surface area contributed by atoms with Crippen LogP contribution >= 0.6 is 0 Å². The van der Waals surface area contributed by atoms with Crippen molar-refractivity contribution in [2.75, 3.05) is 32.1 Å². The van der Waals surface area contributed by atoms with Crippen molar-refractivity contribution in [2.45, 2.75) is 38.0 Å². The monoisotopic (exact) mass is 390 g/mol. The lowest BCUT2D eigenvalue weighted by molar-refractivity contribution is 0.315. The highest BCUT2D eigenvalue weighted by molar-refractivity contribution is 7.89. The maximum atomic E-state index is 12.5. The molecule has 0 bridgehead atoms. The summed E-state index contributed by atoms with van der Waals surface area (Å²) in [5.74, 6) is 0.733. The summed E-state index contributed by atoms with van der Waals surface area (Å²) in [6.45, 7) is 4.93. The molecule has 27 heavy (non-hydrogen) atoms. The van der Waals surface area contributed by atoms with Crippen LogP contribution in [-0.2, 0) is 16.4 Å². The highest BCUT2D eigenvalue weighted by atomic mass is 32.2. The molecule has 2 aromatic carbocycles. The topological polar surface area (TPSA) is 58.6 Å². The van der Waals surface area contributed by atoms with Gasteiger partial charge < -0.3 is 9.64 Å². The predicted molar refractivity (Wildman–Crippen MR) is 111 cm³/mol. The SMILES string of the molecule is CCCOc1ccc(S(=O)(=O)NCCCc2ccc(N(C)C)cc2)cc1C. The predicted octanol–water partition coefficient (Wildman–Crippen LogP) is 3.76. The van der Waals surface area contributed by atoms with E-state index in [0.717, 1.165) is 36.3 Å². The van der Waals surface area contributed by atoms with Crippen LogP contribution in [0.1, 0.15) is 30.9 Å². The van der Waals surface area contributed by atoms with E-state index in [-0.39, 0.29) is 4.90 Å². The summed E-state index contributed by atoms with van der Waals surface area (Å²) in [4.78, 5) is 2.33. The molecule has 2 rings (SSSR count). The van der Waals surface area contributed by atoms with Crippen molar-refractivity contribution in [3.05, 3.63) is 53.6 Å². The maximum absolute atomic E-state index is 12.5. The molecule has 0 saturated heterocycles. The summed E-state index contributed by atoms with van der Waals surface area (Å²) in [6.07, 6.45) is 2.50. The van der Waals surface area contributed by atoms with Crippen molar-refractivity contribution in [1.82, 2.24) is 4.72 Å². The average molecular weight is 391 g/mol. The largest absolute Gasteiger partial charge is 0.493 e. The van der Waals surface area contributed by atoms with Gasteiger partial charge in [-0.2, -0.15) is 0 Å². The van der Waals surface area contributed by atoms with Crippen LogP contribution in [-0.4, -0.2) is 35.7 Å². The Hall–Kier alpha value is -2.05. The van der Waals surface area contributed by atoms with Gasteiger partial charge in [-0.3, -0.25) is 0 Å². The first-order chi connectivity index (χ1) is 12.8. The number of ether oxygens (including phenoxy) is 1. The molecule has 2 aromatic rings. The van der Waals surface area contributed by atoms with Crippen LogP contribution in [0.5, 0.6) is 5.75 Å². The van der Waals surface area contributed by atoms with Crippen molar-refractivity contribution in [3.63, 3.8) is 0 Å².